The molecule has 1 aromatic heterocycles. The van der Waals surface area contributed by atoms with E-state index in [4.69, 9.17) is 4.74 Å². The molecule has 3 aromatic rings. The van der Waals surface area contributed by atoms with E-state index in [1.165, 1.54) is 0 Å². The summed E-state index contributed by atoms with van der Waals surface area (Å²) < 4.78 is 47.7. The van der Waals surface area contributed by atoms with Crippen LogP contribution >= 0.6 is 0 Å². The van der Waals surface area contributed by atoms with E-state index < -0.39 is 23.8 Å². The van der Waals surface area contributed by atoms with Crippen molar-refractivity contribution in [2.75, 3.05) is 6.54 Å². The summed E-state index contributed by atoms with van der Waals surface area (Å²) in [5.74, 6) is -1.10. The smallest absolute Gasteiger partial charge is 0.352 e. The lowest BCUT2D eigenvalue weighted by Gasteiger charge is -2.48. The quantitative estimate of drug-likeness (QED) is 0.561. The third-order valence-electron chi connectivity index (χ3n) is 5.71. The van der Waals surface area contributed by atoms with Gasteiger partial charge in [-0.25, -0.2) is 4.68 Å². The lowest BCUT2D eigenvalue weighted by molar-refractivity contribution is -0.157. The van der Waals surface area contributed by atoms with Crippen molar-refractivity contribution in [3.05, 3.63) is 77.6 Å². The van der Waals surface area contributed by atoms with Crippen molar-refractivity contribution in [2.24, 2.45) is 0 Å². The number of aromatic nitrogens is 4. The molecule has 0 bridgehead atoms. The molecule has 0 spiro atoms. The summed E-state index contributed by atoms with van der Waals surface area (Å²) in [4.78, 5) is 0. The molecule has 2 heterocycles. The average molecular weight is 461 g/mol. The molecule has 1 aliphatic rings. The highest BCUT2D eigenvalue weighted by Gasteiger charge is 2.49. The highest BCUT2D eigenvalue weighted by atomic mass is 19.4. The van der Waals surface area contributed by atoms with Gasteiger partial charge in [0.2, 0.25) is 0 Å². The van der Waals surface area contributed by atoms with Gasteiger partial charge in [-0.3, -0.25) is 5.32 Å². The third kappa shape index (κ3) is 5.07. The van der Waals surface area contributed by atoms with Crippen molar-refractivity contribution in [3.63, 3.8) is 0 Å². The van der Waals surface area contributed by atoms with Gasteiger partial charge in [-0.2, -0.15) is 13.2 Å². The van der Waals surface area contributed by atoms with Gasteiger partial charge in [0.1, 0.15) is 0 Å². The Morgan fingerprint density at radius 1 is 1.12 bits per heavy atom. The summed E-state index contributed by atoms with van der Waals surface area (Å²) in [6, 6.07) is 18.5. The number of rotatable bonds is 7. The van der Waals surface area contributed by atoms with Crippen molar-refractivity contribution in [1.29, 1.82) is 0 Å². The summed E-state index contributed by atoms with van der Waals surface area (Å²) >= 11 is 0. The monoisotopic (exact) mass is 460 g/mol. The van der Waals surface area contributed by atoms with Gasteiger partial charge in [0, 0.05) is 18.7 Å². The fourth-order valence-electron chi connectivity index (χ4n) is 4.34. The van der Waals surface area contributed by atoms with E-state index in [9.17, 15) is 13.2 Å². The number of hydrogen-bond donors (Lipinski definition) is 2. The summed E-state index contributed by atoms with van der Waals surface area (Å²) in [6.45, 7) is 4.61. The van der Waals surface area contributed by atoms with E-state index >= 15 is 0 Å². The van der Waals surface area contributed by atoms with Crippen LogP contribution in [0.3, 0.4) is 0 Å². The molecule has 1 fully saturated rings. The zero-order chi connectivity index (χ0) is 23.5. The maximum atomic E-state index is 13.5. The van der Waals surface area contributed by atoms with Crippen molar-refractivity contribution >= 4 is 0 Å². The summed E-state index contributed by atoms with van der Waals surface area (Å²) in [5.41, 5.74) is 1.02. The van der Waals surface area contributed by atoms with Gasteiger partial charge in [0.15, 0.2) is 5.72 Å². The predicted molar refractivity (Wildman–Crippen MR) is 116 cm³/mol. The molecule has 0 aliphatic carbocycles. The van der Waals surface area contributed by atoms with Crippen molar-refractivity contribution in [3.8, 4) is 0 Å². The summed E-state index contributed by atoms with van der Waals surface area (Å²) in [7, 11) is 0. The number of ether oxygens (including phenoxy) is 1. The summed E-state index contributed by atoms with van der Waals surface area (Å²) in [5, 5.41) is 17.1. The number of alkyl halides is 3. The van der Waals surface area contributed by atoms with Crippen molar-refractivity contribution < 1.29 is 17.9 Å². The van der Waals surface area contributed by atoms with Crippen LogP contribution in [-0.4, -0.2) is 38.9 Å². The molecule has 33 heavy (non-hydrogen) atoms. The number of benzene rings is 2. The second kappa shape index (κ2) is 9.58. The zero-order valence-corrected chi connectivity index (χ0v) is 18.5. The first-order valence-electron chi connectivity index (χ1n) is 10.9. The second-order valence-electron chi connectivity index (χ2n) is 8.40. The maximum absolute atomic E-state index is 13.5. The summed E-state index contributed by atoms with van der Waals surface area (Å²) in [6.07, 6.45) is -4.44. The normalized spacial score (nSPS) is 23.7. The van der Waals surface area contributed by atoms with Crippen LogP contribution in [0.25, 0.3) is 0 Å². The topological polar surface area (TPSA) is 76.9 Å². The van der Waals surface area contributed by atoms with E-state index in [1.807, 2.05) is 74.5 Å². The van der Waals surface area contributed by atoms with E-state index in [-0.39, 0.29) is 18.7 Å². The molecule has 10 heteroatoms. The highest BCUT2D eigenvalue weighted by molar-refractivity contribution is 5.26. The van der Waals surface area contributed by atoms with Crippen LogP contribution in [0.15, 0.2) is 60.7 Å². The third-order valence-corrected chi connectivity index (χ3v) is 5.71. The minimum Gasteiger partial charge on any atom is -0.352 e. The van der Waals surface area contributed by atoms with Crippen LogP contribution in [0.5, 0.6) is 0 Å². The van der Waals surface area contributed by atoms with Gasteiger partial charge in [-0.1, -0.05) is 60.7 Å². The zero-order valence-electron chi connectivity index (χ0n) is 18.5. The molecule has 0 radical (unpaired) electrons. The van der Waals surface area contributed by atoms with Gasteiger partial charge in [0.05, 0.1) is 18.2 Å². The Morgan fingerprint density at radius 3 is 2.42 bits per heavy atom. The highest BCUT2D eigenvalue weighted by Crippen LogP contribution is 2.38. The minimum atomic E-state index is -4.64. The number of tetrazole rings is 1. The first-order chi connectivity index (χ1) is 15.8. The second-order valence-corrected chi connectivity index (χ2v) is 8.40. The van der Waals surface area contributed by atoms with Gasteiger partial charge in [-0.05, 0) is 36.3 Å². The van der Waals surface area contributed by atoms with Crippen LogP contribution in [0.4, 0.5) is 13.2 Å². The first kappa shape index (κ1) is 23.3. The molecule has 2 aromatic carbocycles. The molecular formula is C23H27F3N6O. The fourth-order valence-corrected chi connectivity index (χ4v) is 4.34. The van der Waals surface area contributed by atoms with E-state index in [0.717, 1.165) is 15.8 Å². The molecule has 1 aliphatic heterocycles. The van der Waals surface area contributed by atoms with Crippen molar-refractivity contribution in [2.45, 2.75) is 56.9 Å². The largest absolute Gasteiger partial charge is 0.453 e. The molecule has 176 valence electrons. The molecule has 1 unspecified atom stereocenters. The molecule has 1 saturated heterocycles. The molecule has 4 rings (SSSR count). The van der Waals surface area contributed by atoms with E-state index in [2.05, 4.69) is 26.2 Å². The standard InChI is InChI=1S/C23H27F3N6O/c1-16(2)33-22(18-11-7-4-8-12-18)20(27-14-17-9-5-3-6-10-17)13-19(15-28-22)32-21(23(24,25)26)29-30-31-32/h3-12,16,19-20,27-28H,13-15H2,1-2H3/t19?,20-,22-/m0/s1. The number of hydrogen-bond acceptors (Lipinski definition) is 6. The Balaban J connectivity index is 1.69. The SMILES string of the molecule is CC(C)O[C@]1(c2ccccc2)NCC(n2nnnc2C(F)(F)F)C[C@@H]1NCc1ccccc1. The minimum absolute atomic E-state index is 0.131. The first-order valence-corrected chi connectivity index (χ1v) is 10.9. The van der Waals surface area contributed by atoms with Gasteiger partial charge < -0.3 is 10.1 Å². The molecule has 0 amide bonds. The van der Waals surface area contributed by atoms with Crippen LogP contribution in [-0.2, 0) is 23.2 Å². The number of halogens is 3. The molecule has 0 saturated carbocycles. The van der Waals surface area contributed by atoms with Gasteiger partial charge in [0.25, 0.3) is 5.82 Å². The van der Waals surface area contributed by atoms with Crippen molar-refractivity contribution in [1.82, 2.24) is 30.8 Å². The van der Waals surface area contributed by atoms with Gasteiger partial charge >= 0.3 is 6.18 Å². The molecular weight excluding hydrogens is 433 g/mol. The van der Waals surface area contributed by atoms with Crippen LogP contribution in [0, 0.1) is 0 Å². The predicted octanol–water partition coefficient (Wildman–Crippen LogP) is 3.66. The fraction of sp³-hybridized carbons (Fsp3) is 0.435. The number of nitrogens with zero attached hydrogens (tertiary/aromatic N) is 4. The number of piperidine rings is 1. The van der Waals surface area contributed by atoms with Crippen LogP contribution < -0.4 is 10.6 Å². The Bertz CT molecular complexity index is 1030. The molecule has 3 atom stereocenters. The lowest BCUT2D eigenvalue weighted by Crippen LogP contribution is -2.64. The lowest BCUT2D eigenvalue weighted by atomic mass is 9.85. The maximum Gasteiger partial charge on any atom is 0.453 e. The Morgan fingerprint density at radius 2 is 1.79 bits per heavy atom. The van der Waals surface area contributed by atoms with Crippen LogP contribution in [0.2, 0.25) is 0 Å². The van der Waals surface area contributed by atoms with Gasteiger partial charge in [-0.15, -0.1) is 5.10 Å². The van der Waals surface area contributed by atoms with E-state index in [1.54, 1.807) is 0 Å². The number of nitrogens with one attached hydrogen (secondary N) is 2. The van der Waals surface area contributed by atoms with E-state index in [0.29, 0.717) is 13.0 Å². The molecule has 2 N–H and O–H groups in total. The molecule has 7 nitrogen and oxygen atoms in total. The average Bonchev–Trinajstić information content (AvgIpc) is 3.30. The van der Waals surface area contributed by atoms with Crippen LogP contribution in [0.1, 0.15) is 43.3 Å². The Hall–Kier alpha value is -2.82. The Kier molecular flexibility index (Phi) is 6.78. The Labute approximate surface area is 190 Å².